The number of carbonyl (C=O) groups is 1. The van der Waals surface area contributed by atoms with Gasteiger partial charge < -0.3 is 19.5 Å². The van der Waals surface area contributed by atoms with E-state index in [1.807, 2.05) is 6.07 Å². The summed E-state index contributed by atoms with van der Waals surface area (Å²) in [5.74, 6) is -2.07. The third-order valence-electron chi connectivity index (χ3n) is 3.55. The van der Waals surface area contributed by atoms with Crippen molar-refractivity contribution < 1.29 is 32.3 Å². The topological polar surface area (TPSA) is 184 Å². The zero-order valence-electron chi connectivity index (χ0n) is 16.6. The molecule has 0 bridgehead atoms. The number of nitro groups is 1. The van der Waals surface area contributed by atoms with Gasteiger partial charge in [-0.15, -0.1) is 0 Å². The molecule has 0 saturated heterocycles. The number of nitrogens with one attached hydrogen (secondary N) is 1. The molecule has 164 valence electrons. The number of methoxy groups -OCH3 is 1. The molecule has 1 aromatic carbocycles. The monoisotopic (exact) mass is 451 g/mol. The quantitative estimate of drug-likeness (QED) is 0.251. The van der Waals surface area contributed by atoms with E-state index in [0.717, 1.165) is 6.26 Å². The van der Waals surface area contributed by atoms with Crippen molar-refractivity contribution in [3.8, 4) is 23.4 Å². The van der Waals surface area contributed by atoms with Gasteiger partial charge in [0.2, 0.25) is 15.7 Å². The molecule has 0 fully saturated rings. The molecule has 0 radical (unpaired) electrons. The Balaban J connectivity index is 2.65. The molecule has 0 unspecified atom stereocenters. The van der Waals surface area contributed by atoms with Crippen molar-refractivity contribution >= 4 is 27.3 Å². The first kappa shape index (κ1) is 23.3. The zero-order chi connectivity index (χ0) is 23.2. The van der Waals surface area contributed by atoms with Crippen LogP contribution in [-0.4, -0.2) is 55.8 Å². The molecular weight excluding hydrogens is 434 g/mol. The highest BCUT2D eigenvalue weighted by atomic mass is 32.2. The van der Waals surface area contributed by atoms with Gasteiger partial charge in [-0.25, -0.2) is 8.42 Å². The summed E-state index contributed by atoms with van der Waals surface area (Å²) >= 11 is 0. The summed E-state index contributed by atoms with van der Waals surface area (Å²) in [4.78, 5) is 29.7. The van der Waals surface area contributed by atoms with Gasteiger partial charge in [0.25, 0.3) is 5.16 Å². The number of rotatable bonds is 9. The molecule has 0 aliphatic carbocycles. The van der Waals surface area contributed by atoms with E-state index in [1.54, 1.807) is 6.92 Å². The Labute approximate surface area is 176 Å². The zero-order valence-corrected chi connectivity index (χ0v) is 17.4. The summed E-state index contributed by atoms with van der Waals surface area (Å²) in [6.07, 6.45) is 0.796. The Morgan fingerprint density at radius 3 is 2.58 bits per heavy atom. The van der Waals surface area contributed by atoms with Crippen molar-refractivity contribution in [3.63, 3.8) is 0 Å². The van der Waals surface area contributed by atoms with Gasteiger partial charge >= 0.3 is 17.5 Å². The third kappa shape index (κ3) is 5.76. The van der Waals surface area contributed by atoms with Gasteiger partial charge in [-0.1, -0.05) is 0 Å². The molecule has 0 saturated carbocycles. The maximum absolute atomic E-state index is 12.0. The highest BCUT2D eigenvalue weighted by Crippen LogP contribution is 2.39. The summed E-state index contributed by atoms with van der Waals surface area (Å²) in [6.45, 7) is 1.12. The molecule has 1 aromatic heterocycles. The molecule has 1 heterocycles. The van der Waals surface area contributed by atoms with Gasteiger partial charge in [-0.2, -0.15) is 15.2 Å². The largest absolute Gasteiger partial charge is 0.493 e. The summed E-state index contributed by atoms with van der Waals surface area (Å²) in [5.41, 5.74) is -0.683. The van der Waals surface area contributed by atoms with Gasteiger partial charge in [0, 0.05) is 12.3 Å². The smallest absolute Gasteiger partial charge is 0.373 e. The molecule has 0 spiro atoms. The Hall–Kier alpha value is -3.99. The van der Waals surface area contributed by atoms with Gasteiger partial charge in [0.15, 0.2) is 11.5 Å². The SMILES string of the molecule is CCOC(=O)CNc1nc(S(C)(=O)=O)nc(Oc2cc(C#N)ccc2OC)c1[N+](=O)[O-]. The average Bonchev–Trinajstić information content (AvgIpc) is 2.71. The number of hydrogen-bond donors (Lipinski definition) is 1. The first-order valence-electron chi connectivity index (χ1n) is 8.52. The van der Waals surface area contributed by atoms with Crippen molar-refractivity contribution in [2.45, 2.75) is 12.1 Å². The van der Waals surface area contributed by atoms with Crippen LogP contribution in [0.2, 0.25) is 0 Å². The molecule has 0 aliphatic rings. The van der Waals surface area contributed by atoms with Crippen LogP contribution in [0.3, 0.4) is 0 Å². The number of esters is 1. The number of benzene rings is 1. The second kappa shape index (κ2) is 9.67. The van der Waals surface area contributed by atoms with E-state index in [9.17, 15) is 23.3 Å². The maximum Gasteiger partial charge on any atom is 0.373 e. The highest BCUT2D eigenvalue weighted by molar-refractivity contribution is 7.90. The molecular formula is C17H17N5O8S. The van der Waals surface area contributed by atoms with E-state index in [4.69, 9.17) is 19.5 Å². The van der Waals surface area contributed by atoms with E-state index < -0.39 is 49.8 Å². The number of nitrogens with zero attached hydrogens (tertiary/aromatic N) is 4. The Morgan fingerprint density at radius 1 is 1.32 bits per heavy atom. The normalized spacial score (nSPS) is 10.6. The number of aromatic nitrogens is 2. The Kier molecular flexibility index (Phi) is 7.27. The molecule has 1 N–H and O–H groups in total. The predicted octanol–water partition coefficient (Wildman–Crippen LogP) is 1.44. The van der Waals surface area contributed by atoms with E-state index in [-0.39, 0.29) is 23.7 Å². The lowest BCUT2D eigenvalue weighted by molar-refractivity contribution is -0.385. The molecule has 31 heavy (non-hydrogen) atoms. The van der Waals surface area contributed by atoms with Crippen LogP contribution < -0.4 is 14.8 Å². The lowest BCUT2D eigenvalue weighted by Gasteiger charge is -2.13. The predicted molar refractivity (Wildman–Crippen MR) is 105 cm³/mol. The van der Waals surface area contributed by atoms with Crippen LogP contribution in [0.25, 0.3) is 0 Å². The molecule has 14 heteroatoms. The van der Waals surface area contributed by atoms with Gasteiger partial charge in [-0.05, 0) is 19.1 Å². The van der Waals surface area contributed by atoms with Crippen LogP contribution in [0.15, 0.2) is 23.4 Å². The van der Waals surface area contributed by atoms with E-state index in [0.29, 0.717) is 0 Å². The van der Waals surface area contributed by atoms with E-state index >= 15 is 0 Å². The summed E-state index contributed by atoms with van der Waals surface area (Å²) in [7, 11) is -2.72. The van der Waals surface area contributed by atoms with E-state index in [1.165, 1.54) is 25.3 Å². The fourth-order valence-electron chi connectivity index (χ4n) is 2.24. The van der Waals surface area contributed by atoms with Crippen LogP contribution in [0.1, 0.15) is 12.5 Å². The summed E-state index contributed by atoms with van der Waals surface area (Å²) in [6, 6.07) is 5.92. The van der Waals surface area contributed by atoms with Gasteiger partial charge in [0.1, 0.15) is 6.54 Å². The van der Waals surface area contributed by atoms with Crippen LogP contribution in [0.5, 0.6) is 17.4 Å². The number of ether oxygens (including phenoxy) is 3. The molecule has 0 aliphatic heterocycles. The second-order valence-corrected chi connectivity index (χ2v) is 7.69. The lowest BCUT2D eigenvalue weighted by Crippen LogP contribution is -2.19. The fourth-order valence-corrected chi connectivity index (χ4v) is 2.74. The minimum atomic E-state index is -4.02. The molecule has 2 aromatic rings. The Bertz CT molecular complexity index is 1160. The minimum absolute atomic E-state index is 0.0738. The van der Waals surface area contributed by atoms with Crippen molar-refractivity contribution in [1.29, 1.82) is 5.26 Å². The first-order chi connectivity index (χ1) is 14.6. The van der Waals surface area contributed by atoms with Crippen LogP contribution in [0.4, 0.5) is 11.5 Å². The number of anilines is 1. The first-order valence-corrected chi connectivity index (χ1v) is 10.4. The molecule has 13 nitrogen and oxygen atoms in total. The third-order valence-corrected chi connectivity index (χ3v) is 4.40. The Morgan fingerprint density at radius 2 is 2.03 bits per heavy atom. The standard InChI is InChI=1S/C17H17N5O8S/c1-4-29-13(23)9-19-15-14(22(24)25)16(21-17(20-15)31(3,26)27)30-12-7-10(8-18)5-6-11(12)28-2/h5-7H,4,9H2,1-3H3,(H,19,20,21). The van der Waals surface area contributed by atoms with Crippen molar-refractivity contribution in [3.05, 3.63) is 33.9 Å². The average molecular weight is 451 g/mol. The minimum Gasteiger partial charge on any atom is -0.493 e. The fraction of sp³-hybridized carbons (Fsp3) is 0.294. The molecule has 0 amide bonds. The van der Waals surface area contributed by atoms with Crippen LogP contribution >= 0.6 is 0 Å². The molecule has 0 atom stereocenters. The van der Waals surface area contributed by atoms with Crippen molar-refractivity contribution in [2.75, 3.05) is 31.8 Å². The molecule has 2 rings (SSSR count). The number of nitriles is 1. The van der Waals surface area contributed by atoms with E-state index in [2.05, 4.69) is 15.3 Å². The van der Waals surface area contributed by atoms with Crippen LogP contribution in [0, 0.1) is 21.4 Å². The highest BCUT2D eigenvalue weighted by Gasteiger charge is 2.30. The second-order valence-electron chi connectivity index (χ2n) is 5.78. The van der Waals surface area contributed by atoms with Gasteiger partial charge in [-0.3, -0.25) is 14.9 Å². The summed E-state index contributed by atoms with van der Waals surface area (Å²) < 4.78 is 39.3. The number of sulfone groups is 1. The summed E-state index contributed by atoms with van der Waals surface area (Å²) in [5, 5.41) is 22.4. The van der Waals surface area contributed by atoms with Crippen LogP contribution in [-0.2, 0) is 19.4 Å². The lowest BCUT2D eigenvalue weighted by atomic mass is 10.2. The van der Waals surface area contributed by atoms with Crippen molar-refractivity contribution in [2.24, 2.45) is 0 Å². The van der Waals surface area contributed by atoms with Gasteiger partial charge in [0.05, 0.1) is 30.3 Å². The maximum atomic E-state index is 12.0. The number of hydrogen-bond acceptors (Lipinski definition) is 12. The number of carbonyl (C=O) groups excluding carboxylic acids is 1. The van der Waals surface area contributed by atoms with Crippen molar-refractivity contribution in [1.82, 2.24) is 9.97 Å².